The topological polar surface area (TPSA) is 117 Å². The first-order chi connectivity index (χ1) is 13.0. The zero-order chi connectivity index (χ0) is 19.6. The smallest absolute Gasteiger partial charge is 0.337 e. The predicted molar refractivity (Wildman–Crippen MR) is 101 cm³/mol. The molecule has 0 aliphatic heterocycles. The summed E-state index contributed by atoms with van der Waals surface area (Å²) >= 11 is 0. The van der Waals surface area contributed by atoms with Crippen LogP contribution in [-0.2, 0) is 4.79 Å². The van der Waals surface area contributed by atoms with Crippen molar-refractivity contribution < 1.29 is 24.2 Å². The Morgan fingerprint density at radius 3 is 2.59 bits per heavy atom. The quantitative estimate of drug-likeness (QED) is 0.520. The molecule has 1 fully saturated rings. The fourth-order valence-electron chi connectivity index (χ4n) is 3.08. The van der Waals surface area contributed by atoms with Gasteiger partial charge in [-0.25, -0.2) is 9.59 Å². The molecule has 1 aliphatic rings. The molecule has 27 heavy (non-hydrogen) atoms. The average Bonchev–Trinajstić information content (AvgIpc) is 2.66. The van der Waals surface area contributed by atoms with Crippen LogP contribution in [0.4, 0.5) is 10.5 Å². The summed E-state index contributed by atoms with van der Waals surface area (Å²) < 4.78 is 5.00. The first kappa shape index (κ1) is 20.5. The van der Waals surface area contributed by atoms with Crippen molar-refractivity contribution in [2.45, 2.75) is 51.0 Å². The summed E-state index contributed by atoms with van der Waals surface area (Å²) in [6, 6.07) is 4.47. The second-order valence-corrected chi connectivity index (χ2v) is 6.60. The number of carbonyl (C=O) groups is 3. The Bertz CT molecular complexity index is 671. The van der Waals surface area contributed by atoms with E-state index in [9.17, 15) is 19.5 Å². The molecule has 4 N–H and O–H groups in total. The number of carbonyl (C=O) groups excluding carboxylic acids is 2. The van der Waals surface area contributed by atoms with Crippen molar-refractivity contribution in [1.82, 2.24) is 10.6 Å². The molecule has 0 atom stereocenters. The van der Waals surface area contributed by atoms with E-state index in [0.717, 1.165) is 25.7 Å². The monoisotopic (exact) mass is 377 g/mol. The van der Waals surface area contributed by atoms with Crippen LogP contribution in [0.3, 0.4) is 0 Å². The summed E-state index contributed by atoms with van der Waals surface area (Å²) in [6.45, 7) is 0.375. The molecule has 8 nitrogen and oxygen atoms in total. The SMILES string of the molecule is COc1ccc(NC(=O)CCCNC(=O)NC2CCCCC2)c(C(=O)O)c1. The molecular formula is C19H27N3O5. The van der Waals surface area contributed by atoms with Crippen LogP contribution in [0.25, 0.3) is 0 Å². The molecule has 3 amide bonds. The number of carboxylic acid groups (broad SMARTS) is 1. The van der Waals surface area contributed by atoms with E-state index in [0.29, 0.717) is 18.7 Å². The molecule has 0 unspecified atom stereocenters. The van der Waals surface area contributed by atoms with Crippen molar-refractivity contribution in [1.29, 1.82) is 0 Å². The van der Waals surface area contributed by atoms with Gasteiger partial charge in [0.25, 0.3) is 0 Å². The highest BCUT2D eigenvalue weighted by Gasteiger charge is 2.16. The number of anilines is 1. The van der Waals surface area contributed by atoms with Crippen LogP contribution in [-0.4, -0.2) is 42.7 Å². The minimum Gasteiger partial charge on any atom is -0.497 e. The first-order valence-electron chi connectivity index (χ1n) is 9.25. The van der Waals surface area contributed by atoms with Crippen molar-refractivity contribution in [3.63, 3.8) is 0 Å². The average molecular weight is 377 g/mol. The van der Waals surface area contributed by atoms with Gasteiger partial charge in [-0.1, -0.05) is 19.3 Å². The molecule has 148 valence electrons. The first-order valence-corrected chi connectivity index (χ1v) is 9.25. The maximum Gasteiger partial charge on any atom is 0.337 e. The Morgan fingerprint density at radius 2 is 1.93 bits per heavy atom. The van der Waals surface area contributed by atoms with Gasteiger partial charge in [-0.2, -0.15) is 0 Å². The third-order valence-corrected chi connectivity index (χ3v) is 4.54. The highest BCUT2D eigenvalue weighted by molar-refractivity contribution is 6.00. The van der Waals surface area contributed by atoms with E-state index in [4.69, 9.17) is 4.74 Å². The third-order valence-electron chi connectivity index (χ3n) is 4.54. The fourth-order valence-corrected chi connectivity index (χ4v) is 3.08. The highest BCUT2D eigenvalue weighted by atomic mass is 16.5. The number of nitrogens with one attached hydrogen (secondary N) is 3. The van der Waals surface area contributed by atoms with Crippen LogP contribution in [0, 0.1) is 0 Å². The molecule has 0 aromatic heterocycles. The Hall–Kier alpha value is -2.77. The number of carboxylic acids is 1. The Balaban J connectivity index is 1.71. The number of aromatic carboxylic acids is 1. The van der Waals surface area contributed by atoms with Gasteiger partial charge in [-0.15, -0.1) is 0 Å². The van der Waals surface area contributed by atoms with E-state index in [2.05, 4.69) is 16.0 Å². The molecule has 0 radical (unpaired) electrons. The number of methoxy groups -OCH3 is 1. The van der Waals surface area contributed by atoms with Crippen molar-refractivity contribution in [2.24, 2.45) is 0 Å². The summed E-state index contributed by atoms with van der Waals surface area (Å²) in [7, 11) is 1.44. The van der Waals surface area contributed by atoms with Gasteiger partial charge in [-0.3, -0.25) is 4.79 Å². The lowest BCUT2D eigenvalue weighted by Gasteiger charge is -2.22. The van der Waals surface area contributed by atoms with Gasteiger partial charge in [0.1, 0.15) is 5.75 Å². The number of rotatable bonds is 8. The zero-order valence-electron chi connectivity index (χ0n) is 15.5. The minimum absolute atomic E-state index is 0.0346. The molecule has 0 saturated heterocycles. The van der Waals surface area contributed by atoms with Gasteiger partial charge in [0.05, 0.1) is 18.4 Å². The van der Waals surface area contributed by atoms with Crippen LogP contribution in [0.1, 0.15) is 55.3 Å². The van der Waals surface area contributed by atoms with Crippen LogP contribution in [0.15, 0.2) is 18.2 Å². The Morgan fingerprint density at radius 1 is 1.19 bits per heavy atom. The molecule has 8 heteroatoms. The maximum atomic E-state index is 12.0. The van der Waals surface area contributed by atoms with Crippen LogP contribution >= 0.6 is 0 Å². The molecule has 1 aromatic carbocycles. The molecule has 1 saturated carbocycles. The lowest BCUT2D eigenvalue weighted by atomic mass is 9.96. The molecular weight excluding hydrogens is 350 g/mol. The summed E-state index contributed by atoms with van der Waals surface area (Å²) in [5.41, 5.74) is 0.184. The Labute approximate surface area is 158 Å². The molecule has 0 bridgehead atoms. The van der Waals surface area contributed by atoms with Gasteiger partial charge in [0.15, 0.2) is 0 Å². The summed E-state index contributed by atoms with van der Waals surface area (Å²) in [6.07, 6.45) is 6.20. The highest BCUT2D eigenvalue weighted by Crippen LogP contribution is 2.22. The second-order valence-electron chi connectivity index (χ2n) is 6.60. The van der Waals surface area contributed by atoms with E-state index < -0.39 is 5.97 Å². The number of hydrogen-bond acceptors (Lipinski definition) is 4. The maximum absolute atomic E-state index is 12.0. The van der Waals surface area contributed by atoms with E-state index in [1.807, 2.05) is 0 Å². The summed E-state index contributed by atoms with van der Waals surface area (Å²) in [4.78, 5) is 35.2. The van der Waals surface area contributed by atoms with Gasteiger partial charge in [0.2, 0.25) is 5.91 Å². The Kier molecular flexibility index (Phi) is 7.91. The molecule has 1 aliphatic carbocycles. The van der Waals surface area contributed by atoms with Crippen LogP contribution in [0.2, 0.25) is 0 Å². The van der Waals surface area contributed by atoms with E-state index >= 15 is 0 Å². The predicted octanol–water partition coefficient (Wildman–Crippen LogP) is 2.74. The lowest BCUT2D eigenvalue weighted by Crippen LogP contribution is -2.43. The number of hydrogen-bond donors (Lipinski definition) is 4. The van der Waals surface area contributed by atoms with E-state index in [1.54, 1.807) is 6.07 Å². The van der Waals surface area contributed by atoms with Crippen LogP contribution < -0.4 is 20.7 Å². The second kappa shape index (κ2) is 10.4. The van der Waals surface area contributed by atoms with Crippen molar-refractivity contribution in [3.8, 4) is 5.75 Å². The van der Waals surface area contributed by atoms with Gasteiger partial charge >= 0.3 is 12.0 Å². The normalized spacial score (nSPS) is 14.3. The fraction of sp³-hybridized carbons (Fsp3) is 0.526. The van der Waals surface area contributed by atoms with E-state index in [1.165, 1.54) is 25.7 Å². The zero-order valence-corrected chi connectivity index (χ0v) is 15.5. The van der Waals surface area contributed by atoms with Crippen molar-refractivity contribution in [3.05, 3.63) is 23.8 Å². The van der Waals surface area contributed by atoms with Gasteiger partial charge < -0.3 is 25.8 Å². The number of ether oxygens (including phenoxy) is 1. The minimum atomic E-state index is -1.15. The number of urea groups is 1. The lowest BCUT2D eigenvalue weighted by molar-refractivity contribution is -0.116. The number of amides is 3. The summed E-state index contributed by atoms with van der Waals surface area (Å²) in [5.74, 6) is -1.05. The molecule has 0 heterocycles. The van der Waals surface area contributed by atoms with Gasteiger partial charge in [0, 0.05) is 19.0 Å². The largest absolute Gasteiger partial charge is 0.497 e. The molecule has 2 rings (SSSR count). The molecule has 0 spiro atoms. The van der Waals surface area contributed by atoms with Crippen molar-refractivity contribution in [2.75, 3.05) is 19.0 Å². The standard InChI is InChI=1S/C19H27N3O5/c1-27-14-9-10-16(15(12-14)18(24)25)22-17(23)8-5-11-20-19(26)21-13-6-3-2-4-7-13/h9-10,12-13H,2-8,11H2,1H3,(H,22,23)(H,24,25)(H2,20,21,26). The molecule has 1 aromatic rings. The van der Waals surface area contributed by atoms with E-state index in [-0.39, 0.29) is 35.7 Å². The van der Waals surface area contributed by atoms with Crippen LogP contribution in [0.5, 0.6) is 5.75 Å². The summed E-state index contributed by atoms with van der Waals surface area (Å²) in [5, 5.41) is 17.5. The number of benzene rings is 1. The van der Waals surface area contributed by atoms with Crippen molar-refractivity contribution >= 4 is 23.6 Å². The van der Waals surface area contributed by atoms with Gasteiger partial charge in [-0.05, 0) is 37.5 Å². The third kappa shape index (κ3) is 6.80.